The van der Waals surface area contributed by atoms with Gasteiger partial charge in [-0.2, -0.15) is 0 Å². The van der Waals surface area contributed by atoms with Gasteiger partial charge >= 0.3 is 0 Å². The molecule has 0 bridgehead atoms. The van der Waals surface area contributed by atoms with Gasteiger partial charge in [-0.1, -0.05) is 29.8 Å². The third kappa shape index (κ3) is 4.31. The smallest absolute Gasteiger partial charge is 0.178 e. The first-order valence-corrected chi connectivity index (χ1v) is 10.3. The Labute approximate surface area is 157 Å². The lowest BCUT2D eigenvalue weighted by Gasteiger charge is -2.40. The second-order valence-corrected chi connectivity index (χ2v) is 9.03. The minimum absolute atomic E-state index is 0.00333. The summed E-state index contributed by atoms with van der Waals surface area (Å²) in [6.07, 6.45) is 0.879. The van der Waals surface area contributed by atoms with Gasteiger partial charge in [0.05, 0.1) is 16.6 Å². The molecule has 0 aliphatic carbocycles. The summed E-state index contributed by atoms with van der Waals surface area (Å²) in [5.74, 6) is -0.771. The number of aldehydes is 1. The van der Waals surface area contributed by atoms with Crippen LogP contribution in [0.1, 0.15) is 11.5 Å². The third-order valence-electron chi connectivity index (χ3n) is 4.58. The Hall–Kier alpha value is -1.76. The fourth-order valence-electron chi connectivity index (χ4n) is 3.25. The zero-order chi connectivity index (χ0) is 18.7. The molecule has 0 spiro atoms. The first-order chi connectivity index (χ1) is 12.4. The van der Waals surface area contributed by atoms with Crippen molar-refractivity contribution in [2.24, 2.45) is 5.92 Å². The van der Waals surface area contributed by atoms with Crippen molar-refractivity contribution in [3.05, 3.63) is 64.9 Å². The minimum Gasteiger partial charge on any atom is -0.303 e. The van der Waals surface area contributed by atoms with Gasteiger partial charge in [0.25, 0.3) is 0 Å². The standard InChI is InChI=1S/C19H19ClFNO3S/c20-19-4-2-1-3-18(19)15(12-23)11-22-9-14(10-22)13-26(24,25)17-7-5-16(21)6-8-17/h1-8,12,14-15H,9-11,13H2. The Bertz CT molecular complexity index is 880. The van der Waals surface area contributed by atoms with Crippen molar-refractivity contribution >= 4 is 27.7 Å². The van der Waals surface area contributed by atoms with Crippen LogP contribution in [0.2, 0.25) is 5.02 Å². The van der Waals surface area contributed by atoms with E-state index in [1.807, 2.05) is 23.1 Å². The number of carbonyl (C=O) groups excluding carboxylic acids is 1. The molecule has 138 valence electrons. The van der Waals surface area contributed by atoms with Crippen LogP contribution in [-0.2, 0) is 14.6 Å². The molecule has 4 nitrogen and oxygen atoms in total. The highest BCUT2D eigenvalue weighted by Crippen LogP contribution is 2.28. The van der Waals surface area contributed by atoms with Crippen LogP contribution in [0.15, 0.2) is 53.4 Å². The monoisotopic (exact) mass is 395 g/mol. The number of likely N-dealkylation sites (tertiary alicyclic amines) is 1. The molecule has 1 aliphatic rings. The van der Waals surface area contributed by atoms with Gasteiger partial charge in [-0.05, 0) is 41.8 Å². The highest BCUT2D eigenvalue weighted by atomic mass is 35.5. The van der Waals surface area contributed by atoms with Crippen molar-refractivity contribution in [3.8, 4) is 0 Å². The Balaban J connectivity index is 1.56. The van der Waals surface area contributed by atoms with Crippen LogP contribution in [0.25, 0.3) is 0 Å². The molecule has 7 heteroatoms. The van der Waals surface area contributed by atoms with E-state index in [-0.39, 0.29) is 22.5 Å². The lowest BCUT2D eigenvalue weighted by molar-refractivity contribution is -0.109. The average Bonchev–Trinajstić information content (AvgIpc) is 2.58. The van der Waals surface area contributed by atoms with Gasteiger partial charge in [-0.15, -0.1) is 0 Å². The molecule has 0 amide bonds. The van der Waals surface area contributed by atoms with Crippen molar-refractivity contribution in [2.45, 2.75) is 10.8 Å². The third-order valence-corrected chi connectivity index (χ3v) is 6.83. The molecule has 0 N–H and O–H groups in total. The van der Waals surface area contributed by atoms with Gasteiger partial charge < -0.3 is 9.69 Å². The summed E-state index contributed by atoms with van der Waals surface area (Å²) in [7, 11) is -3.44. The molecule has 3 rings (SSSR count). The van der Waals surface area contributed by atoms with Crippen molar-refractivity contribution in [1.82, 2.24) is 4.90 Å². The highest BCUT2D eigenvalue weighted by Gasteiger charge is 2.33. The fraction of sp³-hybridized carbons (Fsp3) is 0.316. The molecule has 1 unspecified atom stereocenters. The van der Waals surface area contributed by atoms with Crippen LogP contribution in [0, 0.1) is 11.7 Å². The van der Waals surface area contributed by atoms with E-state index in [2.05, 4.69) is 0 Å². The number of hydrogen-bond acceptors (Lipinski definition) is 4. The van der Waals surface area contributed by atoms with Gasteiger partial charge in [0.2, 0.25) is 0 Å². The molecular formula is C19H19ClFNO3S. The zero-order valence-corrected chi connectivity index (χ0v) is 15.6. The molecule has 1 saturated heterocycles. The minimum atomic E-state index is -3.44. The SMILES string of the molecule is O=CC(CN1CC(CS(=O)(=O)c2ccc(F)cc2)C1)c1ccccc1Cl. The van der Waals surface area contributed by atoms with E-state index in [0.29, 0.717) is 24.7 Å². The lowest BCUT2D eigenvalue weighted by Crippen LogP contribution is -2.50. The van der Waals surface area contributed by atoms with Crippen LogP contribution in [0.4, 0.5) is 4.39 Å². The first-order valence-electron chi connectivity index (χ1n) is 8.29. The number of benzene rings is 2. The molecule has 1 aliphatic heterocycles. The van der Waals surface area contributed by atoms with Gasteiger partial charge in [0.15, 0.2) is 9.84 Å². The largest absolute Gasteiger partial charge is 0.303 e. The van der Waals surface area contributed by atoms with Crippen LogP contribution >= 0.6 is 11.6 Å². The molecule has 0 radical (unpaired) electrons. The van der Waals surface area contributed by atoms with Gasteiger partial charge in [-0.3, -0.25) is 0 Å². The van der Waals surface area contributed by atoms with E-state index >= 15 is 0 Å². The Morgan fingerprint density at radius 3 is 2.42 bits per heavy atom. The van der Waals surface area contributed by atoms with Gasteiger partial charge in [0.1, 0.15) is 12.1 Å². The zero-order valence-electron chi connectivity index (χ0n) is 14.0. The summed E-state index contributed by atoms with van der Waals surface area (Å²) in [4.78, 5) is 13.6. The van der Waals surface area contributed by atoms with Crippen LogP contribution < -0.4 is 0 Å². The number of sulfone groups is 1. The van der Waals surface area contributed by atoms with Gasteiger partial charge in [-0.25, -0.2) is 12.8 Å². The number of carbonyl (C=O) groups is 1. The lowest BCUT2D eigenvalue weighted by atomic mass is 9.95. The van der Waals surface area contributed by atoms with E-state index in [9.17, 15) is 17.6 Å². The maximum absolute atomic E-state index is 12.9. The molecule has 0 saturated carbocycles. The molecule has 0 aromatic heterocycles. The highest BCUT2D eigenvalue weighted by molar-refractivity contribution is 7.91. The predicted octanol–water partition coefficient (Wildman–Crippen LogP) is 3.17. The number of nitrogens with zero attached hydrogens (tertiary/aromatic N) is 1. The molecule has 2 aromatic rings. The quantitative estimate of drug-likeness (QED) is 0.533. The molecule has 2 aromatic carbocycles. The molecule has 1 atom stereocenters. The van der Waals surface area contributed by atoms with Crippen LogP contribution in [0.5, 0.6) is 0 Å². The number of halogens is 2. The van der Waals surface area contributed by atoms with E-state index in [1.165, 1.54) is 12.1 Å². The number of rotatable bonds is 7. The molecule has 1 fully saturated rings. The second-order valence-electron chi connectivity index (χ2n) is 6.58. The van der Waals surface area contributed by atoms with Crippen LogP contribution in [-0.4, -0.2) is 45.0 Å². The maximum atomic E-state index is 12.9. The van der Waals surface area contributed by atoms with E-state index in [4.69, 9.17) is 11.6 Å². The summed E-state index contributed by atoms with van der Waals surface area (Å²) in [6, 6.07) is 12.1. The van der Waals surface area contributed by atoms with Crippen molar-refractivity contribution in [3.63, 3.8) is 0 Å². The predicted molar refractivity (Wildman–Crippen MR) is 98.6 cm³/mol. The van der Waals surface area contributed by atoms with Crippen molar-refractivity contribution < 1.29 is 17.6 Å². The first kappa shape index (κ1) is 19.0. The Morgan fingerprint density at radius 2 is 1.81 bits per heavy atom. The second kappa shape index (κ2) is 7.86. The van der Waals surface area contributed by atoms with E-state index < -0.39 is 15.7 Å². The summed E-state index contributed by atoms with van der Waals surface area (Å²) >= 11 is 6.15. The topological polar surface area (TPSA) is 54.5 Å². The summed E-state index contributed by atoms with van der Waals surface area (Å²) in [5, 5.41) is 0.556. The average molecular weight is 396 g/mol. The van der Waals surface area contributed by atoms with Crippen molar-refractivity contribution in [1.29, 1.82) is 0 Å². The summed E-state index contributed by atoms with van der Waals surface area (Å²) in [6.45, 7) is 1.73. The molecule has 1 heterocycles. The fourth-order valence-corrected chi connectivity index (χ4v) is 5.10. The Morgan fingerprint density at radius 1 is 1.15 bits per heavy atom. The Kier molecular flexibility index (Phi) is 5.75. The van der Waals surface area contributed by atoms with Crippen molar-refractivity contribution in [2.75, 3.05) is 25.4 Å². The molecule has 26 heavy (non-hydrogen) atoms. The van der Waals surface area contributed by atoms with Crippen LogP contribution in [0.3, 0.4) is 0 Å². The summed E-state index contributed by atoms with van der Waals surface area (Å²) < 4.78 is 37.7. The molecular weight excluding hydrogens is 377 g/mol. The number of hydrogen-bond donors (Lipinski definition) is 0. The normalized spacial score (nSPS) is 16.8. The summed E-state index contributed by atoms with van der Waals surface area (Å²) in [5.41, 5.74) is 0.784. The van der Waals surface area contributed by atoms with E-state index in [1.54, 1.807) is 6.07 Å². The maximum Gasteiger partial charge on any atom is 0.178 e. The van der Waals surface area contributed by atoms with Gasteiger partial charge in [0, 0.05) is 24.7 Å². The van der Waals surface area contributed by atoms with E-state index in [0.717, 1.165) is 24.0 Å².